The van der Waals surface area contributed by atoms with E-state index in [-0.39, 0.29) is 0 Å². The van der Waals surface area contributed by atoms with Gasteiger partial charge in [-0.05, 0) is 36.1 Å². The van der Waals surface area contributed by atoms with Crippen molar-refractivity contribution in [3.05, 3.63) is 102 Å². The predicted octanol–water partition coefficient (Wildman–Crippen LogP) is 6.01. The van der Waals surface area contributed by atoms with Crippen LogP contribution in [0.25, 0.3) is 11.3 Å². The number of carboxylic acid groups (broad SMARTS) is 1. The summed E-state index contributed by atoms with van der Waals surface area (Å²) in [5, 5.41) is 16.4. The van der Waals surface area contributed by atoms with Crippen molar-refractivity contribution >= 4 is 23.4 Å². The number of rotatable bonds is 8. The van der Waals surface area contributed by atoms with Crippen LogP contribution >= 0.6 is 0 Å². The van der Waals surface area contributed by atoms with Crippen molar-refractivity contribution < 1.29 is 9.90 Å². The Morgan fingerprint density at radius 3 is 2.18 bits per heavy atom. The molecule has 1 saturated carbocycles. The van der Waals surface area contributed by atoms with Crippen molar-refractivity contribution in [3.8, 4) is 11.3 Å². The third-order valence-corrected chi connectivity index (χ3v) is 6.42. The molecule has 0 amide bonds. The van der Waals surface area contributed by atoms with E-state index in [1.165, 1.54) is 0 Å². The third kappa shape index (κ3) is 4.48. The number of hydrogen-bond donors (Lipinski definition) is 3. The molecule has 4 aromatic rings. The largest absolute Gasteiger partial charge is 0.481 e. The highest BCUT2D eigenvalue weighted by Crippen LogP contribution is 2.44. The van der Waals surface area contributed by atoms with Crippen molar-refractivity contribution in [2.24, 2.45) is 0 Å². The maximum Gasteiger partial charge on any atom is 0.314 e. The molecule has 3 N–H and O–H groups in total. The van der Waals surface area contributed by atoms with Gasteiger partial charge in [0.2, 0.25) is 5.95 Å². The van der Waals surface area contributed by atoms with Crippen LogP contribution < -0.4 is 10.6 Å². The van der Waals surface area contributed by atoms with Gasteiger partial charge < -0.3 is 15.7 Å². The van der Waals surface area contributed by atoms with Gasteiger partial charge in [-0.1, -0.05) is 79.2 Å². The number of nitrogens with zero attached hydrogens (tertiary/aromatic N) is 2. The lowest BCUT2D eigenvalue weighted by Gasteiger charge is -2.38. The minimum atomic E-state index is -0.743. The minimum absolute atomic E-state index is 0.473. The standard InChI is InChI=1S/C28H26N4O2/c33-26(34)28(16-7-17-28)22-12-14-23(15-13-22)30-27-31-24(21-10-5-2-6-11-21)18-25(32-27)29-19-20-8-3-1-4-9-20/h1-6,8-15,18H,7,16-17,19H2,(H,33,34)(H2,29,30,31,32). The monoisotopic (exact) mass is 450 g/mol. The van der Waals surface area contributed by atoms with Crippen molar-refractivity contribution in [1.29, 1.82) is 0 Å². The Morgan fingerprint density at radius 2 is 1.56 bits per heavy atom. The van der Waals surface area contributed by atoms with Crippen LogP contribution in [0.4, 0.5) is 17.5 Å². The number of hydrogen-bond acceptors (Lipinski definition) is 5. The molecule has 1 aliphatic carbocycles. The van der Waals surface area contributed by atoms with E-state index in [1.807, 2.05) is 78.9 Å². The Labute approximate surface area is 198 Å². The average Bonchev–Trinajstić information content (AvgIpc) is 2.84. The molecule has 5 rings (SSSR count). The van der Waals surface area contributed by atoms with Gasteiger partial charge >= 0.3 is 5.97 Å². The number of aromatic nitrogens is 2. The van der Waals surface area contributed by atoms with Gasteiger partial charge in [0.05, 0.1) is 11.1 Å². The van der Waals surface area contributed by atoms with Gasteiger partial charge in [-0.2, -0.15) is 4.98 Å². The molecule has 34 heavy (non-hydrogen) atoms. The van der Waals surface area contributed by atoms with Crippen LogP contribution in [0.3, 0.4) is 0 Å². The number of benzene rings is 3. The summed E-state index contributed by atoms with van der Waals surface area (Å²) < 4.78 is 0. The van der Waals surface area contributed by atoms with Crippen molar-refractivity contribution in [1.82, 2.24) is 9.97 Å². The molecule has 0 atom stereocenters. The first-order valence-electron chi connectivity index (χ1n) is 11.5. The van der Waals surface area contributed by atoms with Crippen LogP contribution in [-0.2, 0) is 16.8 Å². The van der Waals surface area contributed by atoms with Crippen molar-refractivity contribution in [2.75, 3.05) is 10.6 Å². The molecule has 1 aromatic heterocycles. The van der Waals surface area contributed by atoms with E-state index in [2.05, 4.69) is 27.8 Å². The van der Waals surface area contributed by atoms with Gasteiger partial charge in [-0.15, -0.1) is 0 Å². The SMILES string of the molecule is O=C(O)C1(c2ccc(Nc3nc(NCc4ccccc4)cc(-c4ccccc4)n3)cc2)CCC1. The number of nitrogens with one attached hydrogen (secondary N) is 2. The van der Waals surface area contributed by atoms with Crippen LogP contribution in [0.15, 0.2) is 91.0 Å². The summed E-state index contributed by atoms with van der Waals surface area (Å²) >= 11 is 0. The van der Waals surface area contributed by atoms with Crippen LogP contribution in [0.5, 0.6) is 0 Å². The number of anilines is 3. The van der Waals surface area contributed by atoms with Gasteiger partial charge in [-0.25, -0.2) is 4.98 Å². The summed E-state index contributed by atoms with van der Waals surface area (Å²) in [6.07, 6.45) is 2.33. The Bertz CT molecular complexity index is 1270. The fourth-order valence-corrected chi connectivity index (χ4v) is 4.30. The van der Waals surface area contributed by atoms with Crippen LogP contribution in [0.2, 0.25) is 0 Å². The van der Waals surface area contributed by atoms with Gasteiger partial charge in [0.25, 0.3) is 0 Å². The summed E-state index contributed by atoms with van der Waals surface area (Å²) in [6.45, 7) is 0.650. The fraction of sp³-hybridized carbons (Fsp3) is 0.179. The molecule has 0 saturated heterocycles. The fourth-order valence-electron chi connectivity index (χ4n) is 4.30. The van der Waals surface area contributed by atoms with E-state index in [0.717, 1.165) is 40.3 Å². The zero-order valence-electron chi connectivity index (χ0n) is 18.7. The van der Waals surface area contributed by atoms with Gasteiger partial charge in [0.1, 0.15) is 5.82 Å². The molecular formula is C28H26N4O2. The average molecular weight is 451 g/mol. The zero-order chi connectivity index (χ0) is 23.4. The highest BCUT2D eigenvalue weighted by molar-refractivity contribution is 5.82. The van der Waals surface area contributed by atoms with E-state index in [1.54, 1.807) is 0 Å². The van der Waals surface area contributed by atoms with E-state index in [4.69, 9.17) is 4.98 Å². The van der Waals surface area contributed by atoms with Crippen molar-refractivity contribution in [2.45, 2.75) is 31.2 Å². The molecule has 0 aliphatic heterocycles. The van der Waals surface area contributed by atoms with E-state index in [0.29, 0.717) is 25.3 Å². The maximum atomic E-state index is 11.8. The van der Waals surface area contributed by atoms with Gasteiger partial charge in [0.15, 0.2) is 0 Å². The molecule has 1 heterocycles. The molecule has 6 heteroatoms. The minimum Gasteiger partial charge on any atom is -0.481 e. The van der Waals surface area contributed by atoms with Crippen LogP contribution in [0.1, 0.15) is 30.4 Å². The molecule has 0 spiro atoms. The topological polar surface area (TPSA) is 87.1 Å². The Kier molecular flexibility index (Phi) is 5.95. The van der Waals surface area contributed by atoms with Gasteiger partial charge in [0, 0.05) is 23.9 Å². The van der Waals surface area contributed by atoms with Crippen LogP contribution in [0, 0.1) is 0 Å². The number of carbonyl (C=O) groups is 1. The summed E-state index contributed by atoms with van der Waals surface area (Å²) in [4.78, 5) is 21.2. The predicted molar refractivity (Wildman–Crippen MR) is 134 cm³/mol. The molecule has 0 radical (unpaired) electrons. The number of carboxylic acids is 1. The lowest BCUT2D eigenvalue weighted by molar-refractivity contribution is -0.147. The first-order chi connectivity index (χ1) is 16.6. The Morgan fingerprint density at radius 1 is 0.882 bits per heavy atom. The van der Waals surface area contributed by atoms with Crippen molar-refractivity contribution in [3.63, 3.8) is 0 Å². The first-order valence-corrected chi connectivity index (χ1v) is 11.5. The highest BCUT2D eigenvalue weighted by atomic mass is 16.4. The molecule has 170 valence electrons. The maximum absolute atomic E-state index is 11.8. The molecule has 3 aromatic carbocycles. The first kappa shape index (κ1) is 21.6. The second kappa shape index (κ2) is 9.35. The quantitative estimate of drug-likeness (QED) is 0.305. The molecule has 0 bridgehead atoms. The summed E-state index contributed by atoms with van der Waals surface area (Å²) in [7, 11) is 0. The molecule has 1 aliphatic rings. The zero-order valence-corrected chi connectivity index (χ0v) is 18.7. The normalized spacial score (nSPS) is 14.1. The molecule has 0 unspecified atom stereocenters. The second-order valence-corrected chi connectivity index (χ2v) is 8.61. The lowest BCUT2D eigenvalue weighted by atomic mass is 9.64. The van der Waals surface area contributed by atoms with E-state index in [9.17, 15) is 9.90 Å². The summed E-state index contributed by atoms with van der Waals surface area (Å²) in [6, 6.07) is 29.7. The smallest absolute Gasteiger partial charge is 0.314 e. The molecule has 1 fully saturated rings. The number of aliphatic carboxylic acids is 1. The highest BCUT2D eigenvalue weighted by Gasteiger charge is 2.45. The van der Waals surface area contributed by atoms with Gasteiger partial charge in [-0.3, -0.25) is 4.79 Å². The third-order valence-electron chi connectivity index (χ3n) is 6.42. The Hall–Kier alpha value is -4.19. The summed E-state index contributed by atoms with van der Waals surface area (Å²) in [5.41, 5.74) is 3.89. The summed E-state index contributed by atoms with van der Waals surface area (Å²) in [5.74, 6) is 0.449. The van der Waals surface area contributed by atoms with Crippen LogP contribution in [-0.4, -0.2) is 21.0 Å². The molecular weight excluding hydrogens is 424 g/mol. The lowest BCUT2D eigenvalue weighted by Crippen LogP contribution is -2.42. The van der Waals surface area contributed by atoms with E-state index < -0.39 is 11.4 Å². The van der Waals surface area contributed by atoms with E-state index >= 15 is 0 Å². The molecule has 6 nitrogen and oxygen atoms in total. The second-order valence-electron chi connectivity index (χ2n) is 8.61. The Balaban J connectivity index is 1.40.